The zero-order chi connectivity index (χ0) is 25.8. The van der Waals surface area contributed by atoms with Crippen LogP contribution >= 0.6 is 0 Å². The molecule has 0 aliphatic heterocycles. The molecule has 1 aliphatic carbocycles. The number of nitrogens with zero attached hydrogens (tertiary/aromatic N) is 1. The van der Waals surface area contributed by atoms with E-state index in [4.69, 9.17) is 4.74 Å². The van der Waals surface area contributed by atoms with Crippen molar-refractivity contribution in [1.29, 1.82) is 0 Å². The highest BCUT2D eigenvalue weighted by atomic mass is 16.5. The molecule has 2 unspecified atom stereocenters. The average Bonchev–Trinajstić information content (AvgIpc) is 3.29. The van der Waals surface area contributed by atoms with Crippen LogP contribution in [-0.2, 0) is 4.79 Å². The fraction of sp³-hybridized carbons (Fsp3) is 0.324. The number of hydrogen-bond donors (Lipinski definition) is 0. The minimum Gasteiger partial charge on any atom is -0.493 e. The molecule has 1 amide bonds. The summed E-state index contributed by atoms with van der Waals surface area (Å²) in [7, 11) is 2.06. The molecule has 0 saturated heterocycles. The third-order valence-corrected chi connectivity index (χ3v) is 8.14. The molecule has 0 bridgehead atoms. The van der Waals surface area contributed by atoms with Crippen molar-refractivity contribution in [1.82, 2.24) is 0 Å². The van der Waals surface area contributed by atoms with E-state index in [0.29, 0.717) is 23.4 Å². The normalized spacial score (nSPS) is 15.7. The van der Waals surface area contributed by atoms with Crippen LogP contribution in [-0.4, -0.2) is 37.1 Å². The van der Waals surface area contributed by atoms with E-state index in [2.05, 4.69) is 106 Å². The number of hydrogen-bond acceptors (Lipinski definition) is 2. The number of amides is 1. The van der Waals surface area contributed by atoms with Gasteiger partial charge in [-0.15, -0.1) is 0 Å². The first-order chi connectivity index (χ1) is 18.1. The first kappa shape index (κ1) is 25.2. The molecular weight excluding hydrogens is 454 g/mol. The largest absolute Gasteiger partial charge is 0.493 e. The Bertz CT molecular complexity index is 1390. The number of benzene rings is 4. The maximum atomic E-state index is 12.7. The van der Waals surface area contributed by atoms with Crippen molar-refractivity contribution in [2.45, 2.75) is 45.4 Å². The summed E-state index contributed by atoms with van der Waals surface area (Å²) in [5.74, 6) is 1.44. The summed E-state index contributed by atoms with van der Waals surface area (Å²) in [6.45, 7) is 6.51. The Labute approximate surface area is 221 Å². The van der Waals surface area contributed by atoms with Gasteiger partial charge in [-0.2, -0.15) is 0 Å². The van der Waals surface area contributed by atoms with Crippen molar-refractivity contribution in [3.63, 3.8) is 0 Å². The Morgan fingerprint density at radius 2 is 1.59 bits per heavy atom. The molecule has 1 aliphatic rings. The lowest BCUT2D eigenvalue weighted by Crippen LogP contribution is -2.50. The third-order valence-electron chi connectivity index (χ3n) is 8.14. The third kappa shape index (κ3) is 4.93. The van der Waals surface area contributed by atoms with Gasteiger partial charge in [-0.3, -0.25) is 4.48 Å². The van der Waals surface area contributed by atoms with Gasteiger partial charge in [0.05, 0.1) is 33.2 Å². The minimum atomic E-state index is 0.211. The molecule has 0 radical (unpaired) electrons. The highest BCUT2D eigenvalue weighted by molar-refractivity contribution is 5.97. The smallest absolute Gasteiger partial charge is 0.313 e. The van der Waals surface area contributed by atoms with Gasteiger partial charge < -0.3 is 4.74 Å². The molecule has 37 heavy (non-hydrogen) atoms. The molecule has 2 atom stereocenters. The minimum absolute atomic E-state index is 0.211. The summed E-state index contributed by atoms with van der Waals surface area (Å²) in [5.41, 5.74) is 6.72. The molecular formula is C34H38NO2+. The van der Waals surface area contributed by atoms with Crippen molar-refractivity contribution >= 4 is 16.7 Å². The van der Waals surface area contributed by atoms with Crippen LogP contribution < -0.4 is 4.74 Å². The molecule has 0 N–H and O–H groups in total. The number of carbonyl (C=O) groups is 1. The number of ether oxygens (including phenoxy) is 1. The quantitative estimate of drug-likeness (QED) is 0.146. The Balaban J connectivity index is 1.31. The Hall–Kier alpha value is -3.43. The van der Waals surface area contributed by atoms with Crippen LogP contribution in [0.25, 0.3) is 21.9 Å². The van der Waals surface area contributed by atoms with E-state index in [9.17, 15) is 4.79 Å². The molecule has 0 spiro atoms. The van der Waals surface area contributed by atoms with Gasteiger partial charge in [0, 0.05) is 12.3 Å². The second kappa shape index (κ2) is 10.9. The van der Waals surface area contributed by atoms with E-state index in [-0.39, 0.29) is 5.92 Å². The van der Waals surface area contributed by atoms with Crippen LogP contribution in [0.15, 0.2) is 84.9 Å². The van der Waals surface area contributed by atoms with Crippen LogP contribution in [0.3, 0.4) is 0 Å². The molecule has 0 aromatic heterocycles. The van der Waals surface area contributed by atoms with E-state index >= 15 is 0 Å². The first-order valence-corrected chi connectivity index (χ1v) is 13.8. The van der Waals surface area contributed by atoms with E-state index in [1.165, 1.54) is 38.6 Å². The summed E-state index contributed by atoms with van der Waals surface area (Å²) in [5, 5.41) is 2.61. The van der Waals surface area contributed by atoms with Gasteiger partial charge in [0.25, 0.3) is 0 Å². The van der Waals surface area contributed by atoms with Crippen molar-refractivity contribution in [2.24, 2.45) is 0 Å². The van der Waals surface area contributed by atoms with Crippen molar-refractivity contribution < 1.29 is 14.0 Å². The van der Waals surface area contributed by atoms with Gasteiger partial charge in [0.2, 0.25) is 0 Å². The van der Waals surface area contributed by atoms with Crippen molar-refractivity contribution in [2.75, 3.05) is 26.7 Å². The van der Waals surface area contributed by atoms with Crippen LogP contribution in [0.4, 0.5) is 0 Å². The van der Waals surface area contributed by atoms with Gasteiger partial charge in [0.1, 0.15) is 5.75 Å². The molecule has 3 nitrogen and oxygen atoms in total. The van der Waals surface area contributed by atoms with Crippen molar-refractivity contribution in [3.05, 3.63) is 102 Å². The predicted octanol–water partition coefficient (Wildman–Crippen LogP) is 7.95. The predicted molar refractivity (Wildman–Crippen MR) is 153 cm³/mol. The molecule has 4 aromatic carbocycles. The fourth-order valence-corrected chi connectivity index (χ4v) is 5.75. The highest BCUT2D eigenvalue weighted by Crippen LogP contribution is 2.50. The SMILES string of the molecule is CCCCC(=O)[N+](C)(CC)CCCOc1ccc(C2c3ccccc3-c3ccc4ccccc4c32)cc1. The fourth-order valence-electron chi connectivity index (χ4n) is 5.75. The number of quaternary nitrogens is 1. The van der Waals surface area contributed by atoms with Gasteiger partial charge in [-0.1, -0.05) is 86.1 Å². The molecule has 5 rings (SSSR count). The van der Waals surface area contributed by atoms with Gasteiger partial charge in [-0.05, 0) is 64.1 Å². The monoisotopic (exact) mass is 492 g/mol. The molecule has 4 aromatic rings. The topological polar surface area (TPSA) is 26.3 Å². The Morgan fingerprint density at radius 1 is 0.838 bits per heavy atom. The summed E-state index contributed by atoms with van der Waals surface area (Å²) < 4.78 is 6.61. The van der Waals surface area contributed by atoms with Crippen LogP contribution in [0.2, 0.25) is 0 Å². The number of unbranched alkanes of at least 4 members (excludes halogenated alkanes) is 1. The second-order valence-corrected chi connectivity index (χ2v) is 10.5. The zero-order valence-electron chi connectivity index (χ0n) is 22.4. The molecule has 190 valence electrons. The Kier molecular flexibility index (Phi) is 7.43. The van der Waals surface area contributed by atoms with Crippen molar-refractivity contribution in [3.8, 4) is 16.9 Å². The summed E-state index contributed by atoms with van der Waals surface area (Å²) in [6, 6.07) is 30.6. The van der Waals surface area contributed by atoms with Crippen LogP contribution in [0, 0.1) is 0 Å². The Morgan fingerprint density at radius 3 is 2.38 bits per heavy atom. The first-order valence-electron chi connectivity index (χ1n) is 13.8. The lowest BCUT2D eigenvalue weighted by atomic mass is 9.87. The lowest BCUT2D eigenvalue weighted by molar-refractivity contribution is -0.833. The van der Waals surface area contributed by atoms with E-state index in [1.807, 2.05) is 0 Å². The maximum Gasteiger partial charge on any atom is 0.313 e. The van der Waals surface area contributed by atoms with Crippen LogP contribution in [0.1, 0.15) is 62.1 Å². The standard InChI is InChI=1S/C34H38NO2/c1-4-6-16-32(36)35(3,5-2)23-11-24-37-27-20-17-26(18-21-27)33-30-15-10-9-14-29(30)31-22-19-25-12-7-8-13-28(25)34(31)33/h7-10,12-15,17-22,33H,4-6,11,16,23-24H2,1-3H3/q+1. The van der Waals surface area contributed by atoms with E-state index in [1.54, 1.807) is 0 Å². The van der Waals surface area contributed by atoms with Gasteiger partial charge in [0.15, 0.2) is 0 Å². The highest BCUT2D eigenvalue weighted by Gasteiger charge is 2.31. The molecule has 0 fully saturated rings. The van der Waals surface area contributed by atoms with Gasteiger partial charge in [-0.25, -0.2) is 4.79 Å². The molecule has 3 heteroatoms. The second-order valence-electron chi connectivity index (χ2n) is 10.5. The zero-order valence-corrected chi connectivity index (χ0v) is 22.4. The summed E-state index contributed by atoms with van der Waals surface area (Å²) >= 11 is 0. The van der Waals surface area contributed by atoms with E-state index in [0.717, 1.165) is 38.1 Å². The summed E-state index contributed by atoms with van der Waals surface area (Å²) in [4.78, 5) is 12.7. The van der Waals surface area contributed by atoms with Crippen LogP contribution in [0.5, 0.6) is 5.75 Å². The number of carbonyl (C=O) groups excluding carboxylic acids is 1. The van der Waals surface area contributed by atoms with E-state index < -0.39 is 0 Å². The lowest BCUT2D eigenvalue weighted by Gasteiger charge is -2.30. The molecule has 0 saturated carbocycles. The maximum absolute atomic E-state index is 12.7. The summed E-state index contributed by atoms with van der Waals surface area (Å²) in [6.07, 6.45) is 3.56. The van der Waals surface area contributed by atoms with Gasteiger partial charge >= 0.3 is 5.91 Å². The number of fused-ring (bicyclic) bond motifs is 5. The average molecular weight is 493 g/mol. The molecule has 0 heterocycles. The number of rotatable bonds is 10.